The molecule has 0 unspecified atom stereocenters. The van der Waals surface area contributed by atoms with Gasteiger partial charge in [0.2, 0.25) is 0 Å². The van der Waals surface area contributed by atoms with Gasteiger partial charge in [0.25, 0.3) is 0 Å². The Labute approximate surface area is 195 Å². The van der Waals surface area contributed by atoms with Crippen molar-refractivity contribution in [2.24, 2.45) is 0 Å². The minimum absolute atomic E-state index is 0. The van der Waals surface area contributed by atoms with E-state index in [0.717, 1.165) is 0 Å². The third kappa shape index (κ3) is 3.04. The molecule has 3 rings (SSSR count). The summed E-state index contributed by atoms with van der Waals surface area (Å²) in [4.78, 5) is 0. The molecule has 2 heteroatoms. The van der Waals surface area contributed by atoms with Gasteiger partial charge in [0.15, 0.2) is 0 Å². The first-order chi connectivity index (χ1) is 7.79. The Balaban J connectivity index is 0.000000810. The Morgan fingerprint density at radius 1 is 0.556 bits per heavy atom. The maximum Gasteiger partial charge on any atom is 1.00 e. The molecular formula is C16H14K2. The standard InChI is InChI=1S/C16H14.2K/c1-11-13-7-3-5-9-15(13)12(2)16-10-6-4-8-14(11)16;;/h3-10H,1-2H3;;/q-2;2*+1. The van der Waals surface area contributed by atoms with E-state index in [1.807, 2.05) is 0 Å². The van der Waals surface area contributed by atoms with Crippen LogP contribution in [0.4, 0.5) is 0 Å². The summed E-state index contributed by atoms with van der Waals surface area (Å²) in [6.45, 7) is 4.42. The van der Waals surface area contributed by atoms with Crippen LogP contribution in [0.25, 0.3) is 0 Å². The quantitative estimate of drug-likeness (QED) is 0.387. The molecule has 0 saturated carbocycles. The maximum absolute atomic E-state index is 2.21. The average Bonchev–Trinajstić information content (AvgIpc) is 2.36. The van der Waals surface area contributed by atoms with Crippen LogP contribution in [0.1, 0.15) is 36.1 Å². The van der Waals surface area contributed by atoms with Gasteiger partial charge in [-0.05, 0) is 0 Å². The second-order valence-electron chi connectivity index (χ2n) is 4.34. The molecule has 80 valence electrons. The van der Waals surface area contributed by atoms with Crippen LogP contribution in [0.2, 0.25) is 0 Å². The summed E-state index contributed by atoms with van der Waals surface area (Å²) in [7, 11) is 0. The van der Waals surface area contributed by atoms with Crippen molar-refractivity contribution in [1.82, 2.24) is 0 Å². The van der Waals surface area contributed by atoms with Gasteiger partial charge in [-0.3, -0.25) is 0 Å². The molecule has 0 bridgehead atoms. The van der Waals surface area contributed by atoms with Gasteiger partial charge in [0, 0.05) is 0 Å². The van der Waals surface area contributed by atoms with Gasteiger partial charge in [-0.1, -0.05) is 13.8 Å². The zero-order valence-corrected chi connectivity index (χ0v) is 17.9. The summed E-state index contributed by atoms with van der Waals surface area (Å²) >= 11 is 0. The van der Waals surface area contributed by atoms with Crippen LogP contribution in [0.3, 0.4) is 0 Å². The molecule has 0 nitrogen and oxygen atoms in total. The van der Waals surface area contributed by atoms with Crippen LogP contribution < -0.4 is 103 Å². The molecular weight excluding hydrogens is 270 g/mol. The number of rotatable bonds is 0. The molecule has 2 aromatic carbocycles. The predicted octanol–water partition coefficient (Wildman–Crippen LogP) is -2.01. The summed E-state index contributed by atoms with van der Waals surface area (Å²) in [5.74, 6) is 2.77. The molecule has 18 heavy (non-hydrogen) atoms. The van der Waals surface area contributed by atoms with Crippen LogP contribution in [0.5, 0.6) is 0 Å². The summed E-state index contributed by atoms with van der Waals surface area (Å²) in [5.41, 5.74) is 5.50. The molecule has 0 aliphatic heterocycles. The summed E-state index contributed by atoms with van der Waals surface area (Å²) in [5, 5.41) is 0. The molecule has 0 N–H and O–H groups in total. The topological polar surface area (TPSA) is 0 Å². The van der Waals surface area contributed by atoms with Gasteiger partial charge >= 0.3 is 103 Å². The van der Waals surface area contributed by atoms with Crippen molar-refractivity contribution in [2.75, 3.05) is 0 Å². The van der Waals surface area contributed by atoms with E-state index in [1.54, 1.807) is 0 Å². The van der Waals surface area contributed by atoms with Crippen LogP contribution >= 0.6 is 0 Å². The van der Waals surface area contributed by atoms with Gasteiger partial charge in [0.05, 0.1) is 0 Å². The second kappa shape index (κ2) is 7.46. The third-order valence-electron chi connectivity index (χ3n) is 3.47. The molecule has 1 aliphatic carbocycles. The van der Waals surface area contributed by atoms with E-state index < -0.39 is 0 Å². The first kappa shape index (κ1) is 17.5. The molecule has 0 saturated heterocycles. The fourth-order valence-electron chi connectivity index (χ4n) is 2.56. The van der Waals surface area contributed by atoms with E-state index in [0.29, 0.717) is 0 Å². The SMILES string of the molecule is C[C-]1c2ccccc2[C-](C)c2ccccc21.[K+].[K+]. The van der Waals surface area contributed by atoms with Crippen LogP contribution in [0.15, 0.2) is 48.5 Å². The van der Waals surface area contributed by atoms with E-state index in [9.17, 15) is 0 Å². The van der Waals surface area contributed by atoms with Crippen molar-refractivity contribution in [1.29, 1.82) is 0 Å². The minimum Gasteiger partial charge on any atom is -0.186 e. The Hall–Kier alpha value is 1.45. The Morgan fingerprint density at radius 3 is 1.00 bits per heavy atom. The normalized spacial score (nSPS) is 11.9. The Morgan fingerprint density at radius 2 is 0.778 bits per heavy atom. The van der Waals surface area contributed by atoms with Gasteiger partial charge in [-0.15, -0.1) is 24.3 Å². The molecule has 0 heterocycles. The molecule has 0 spiro atoms. The molecule has 0 amide bonds. The van der Waals surface area contributed by atoms with Crippen LogP contribution in [0, 0.1) is 11.8 Å². The summed E-state index contributed by atoms with van der Waals surface area (Å²) in [6.07, 6.45) is 0. The molecule has 2 aromatic rings. The van der Waals surface area contributed by atoms with Crippen molar-refractivity contribution >= 4 is 0 Å². The van der Waals surface area contributed by atoms with E-state index in [1.165, 1.54) is 34.1 Å². The first-order valence-electron chi connectivity index (χ1n) is 5.65. The van der Waals surface area contributed by atoms with Crippen molar-refractivity contribution < 1.29 is 103 Å². The van der Waals surface area contributed by atoms with E-state index >= 15 is 0 Å². The summed E-state index contributed by atoms with van der Waals surface area (Å²) < 4.78 is 0. The average molecular weight is 284 g/mol. The van der Waals surface area contributed by atoms with Crippen molar-refractivity contribution in [3.63, 3.8) is 0 Å². The van der Waals surface area contributed by atoms with Gasteiger partial charge in [-0.25, -0.2) is 0 Å². The van der Waals surface area contributed by atoms with Gasteiger partial charge < -0.3 is 0 Å². The minimum atomic E-state index is 0. The molecule has 0 fully saturated rings. The number of benzene rings is 2. The van der Waals surface area contributed by atoms with Crippen LogP contribution in [-0.4, -0.2) is 0 Å². The fourth-order valence-corrected chi connectivity index (χ4v) is 2.56. The molecule has 0 aromatic heterocycles. The van der Waals surface area contributed by atoms with E-state index in [-0.39, 0.29) is 103 Å². The smallest absolute Gasteiger partial charge is 0.186 e. The molecule has 0 radical (unpaired) electrons. The summed E-state index contributed by atoms with van der Waals surface area (Å²) in [6, 6.07) is 17.3. The van der Waals surface area contributed by atoms with Crippen LogP contribution in [-0.2, 0) is 0 Å². The number of hydrogen-bond acceptors (Lipinski definition) is 0. The number of hydrogen-bond donors (Lipinski definition) is 0. The Bertz CT molecular complexity index is 439. The van der Waals surface area contributed by atoms with Crippen molar-refractivity contribution in [3.8, 4) is 0 Å². The zero-order chi connectivity index (χ0) is 11.1. The maximum atomic E-state index is 2.21. The third-order valence-corrected chi connectivity index (χ3v) is 3.47. The fraction of sp³-hybridized carbons (Fsp3) is 0.125. The van der Waals surface area contributed by atoms with E-state index in [2.05, 4.69) is 62.4 Å². The monoisotopic (exact) mass is 284 g/mol. The van der Waals surface area contributed by atoms with Gasteiger partial charge in [-0.2, -0.15) is 58.4 Å². The predicted molar refractivity (Wildman–Crippen MR) is 67.1 cm³/mol. The molecule has 0 atom stereocenters. The first-order valence-corrected chi connectivity index (χ1v) is 5.65. The van der Waals surface area contributed by atoms with Gasteiger partial charge in [0.1, 0.15) is 0 Å². The van der Waals surface area contributed by atoms with E-state index in [4.69, 9.17) is 0 Å². The number of fused-ring (bicyclic) bond motifs is 2. The largest absolute Gasteiger partial charge is 1.00 e. The Kier molecular flexibility index (Phi) is 7.25. The molecule has 1 aliphatic rings. The van der Waals surface area contributed by atoms with Crippen molar-refractivity contribution in [2.45, 2.75) is 13.8 Å². The van der Waals surface area contributed by atoms with Crippen molar-refractivity contribution in [3.05, 3.63) is 82.6 Å². The zero-order valence-electron chi connectivity index (χ0n) is 11.6. The second-order valence-corrected chi connectivity index (χ2v) is 4.34.